The average molecular weight is 450 g/mol. The molecule has 0 aromatic heterocycles. The Labute approximate surface area is 194 Å². The molecule has 2 unspecified atom stereocenters. The molecule has 1 aliphatic carbocycles. The predicted octanol–water partition coefficient (Wildman–Crippen LogP) is 1.54. The van der Waals surface area contributed by atoms with Crippen LogP contribution in [0.1, 0.15) is 44.7 Å². The molecule has 3 atom stereocenters. The number of benzene rings is 2. The maximum Gasteiger partial charge on any atom is 0.254 e. The zero-order chi connectivity index (χ0) is 22.8. The number of amides is 2. The lowest BCUT2D eigenvalue weighted by Gasteiger charge is -2.32. The Balaban J connectivity index is 1.06. The summed E-state index contributed by atoms with van der Waals surface area (Å²) in [5.74, 6) is -0.275. The molecule has 2 amide bonds. The van der Waals surface area contributed by atoms with Crippen molar-refractivity contribution in [2.45, 2.75) is 50.0 Å². The van der Waals surface area contributed by atoms with Crippen molar-refractivity contribution >= 4 is 11.8 Å². The number of hydrogen-bond donors (Lipinski definition) is 3. The number of aliphatic hydroxyl groups excluding tert-OH is 1. The van der Waals surface area contributed by atoms with E-state index in [4.69, 9.17) is 4.74 Å². The number of carbonyl (C=O) groups excluding carboxylic acids is 2. The fraction of sp³-hybridized carbons (Fsp3) is 0.462. The first kappa shape index (κ1) is 22.1. The number of likely N-dealkylation sites (tertiary alicyclic amines) is 1. The Kier molecular flexibility index (Phi) is 6.44. The first-order valence-electron chi connectivity index (χ1n) is 11.9. The van der Waals surface area contributed by atoms with Gasteiger partial charge in [-0.3, -0.25) is 9.59 Å². The summed E-state index contributed by atoms with van der Waals surface area (Å²) in [5, 5.41) is 16.5. The third kappa shape index (κ3) is 5.11. The van der Waals surface area contributed by atoms with Gasteiger partial charge >= 0.3 is 0 Å². The van der Waals surface area contributed by atoms with Crippen molar-refractivity contribution in [3.8, 4) is 0 Å². The molecule has 2 heterocycles. The molecule has 0 spiro atoms. The van der Waals surface area contributed by atoms with E-state index in [-0.39, 0.29) is 30.6 Å². The summed E-state index contributed by atoms with van der Waals surface area (Å²) in [5.41, 5.74) is 3.77. The summed E-state index contributed by atoms with van der Waals surface area (Å²) in [6, 6.07) is 15.5. The quantitative estimate of drug-likeness (QED) is 0.597. The molecule has 7 nitrogen and oxygen atoms in total. The van der Waals surface area contributed by atoms with Gasteiger partial charge in [-0.05, 0) is 61.1 Å². The van der Waals surface area contributed by atoms with E-state index in [0.717, 1.165) is 25.7 Å². The van der Waals surface area contributed by atoms with E-state index in [0.29, 0.717) is 36.8 Å². The first-order chi connectivity index (χ1) is 16.0. The topological polar surface area (TPSA) is 90.9 Å². The van der Waals surface area contributed by atoms with E-state index in [1.807, 2.05) is 4.90 Å². The SMILES string of the molecule is O=C(NC[C@@H](O)CNC1Cc2ccccc2C1)c1ccc(C(=O)N2CC3CCC(C2)O3)cc1. The van der Waals surface area contributed by atoms with Crippen LogP contribution in [0.4, 0.5) is 0 Å². The molecule has 2 aromatic rings. The predicted molar refractivity (Wildman–Crippen MR) is 124 cm³/mol. The van der Waals surface area contributed by atoms with Crippen LogP contribution in [0, 0.1) is 0 Å². The second-order valence-electron chi connectivity index (χ2n) is 9.39. The van der Waals surface area contributed by atoms with Gasteiger partial charge in [-0.25, -0.2) is 0 Å². The van der Waals surface area contributed by atoms with E-state index >= 15 is 0 Å². The van der Waals surface area contributed by atoms with Crippen LogP contribution in [0.2, 0.25) is 0 Å². The van der Waals surface area contributed by atoms with Gasteiger partial charge in [0.25, 0.3) is 11.8 Å². The average Bonchev–Trinajstić information content (AvgIpc) is 3.42. The fourth-order valence-corrected chi connectivity index (χ4v) is 5.12. The van der Waals surface area contributed by atoms with Crippen LogP contribution < -0.4 is 10.6 Å². The van der Waals surface area contributed by atoms with Gasteiger partial charge in [0.1, 0.15) is 0 Å². The van der Waals surface area contributed by atoms with Gasteiger partial charge in [-0.2, -0.15) is 0 Å². The number of morpholine rings is 1. The minimum Gasteiger partial charge on any atom is -0.390 e. The highest BCUT2D eigenvalue weighted by Crippen LogP contribution is 2.27. The van der Waals surface area contributed by atoms with E-state index in [1.165, 1.54) is 11.1 Å². The molecule has 5 rings (SSSR count). The van der Waals surface area contributed by atoms with E-state index in [2.05, 4.69) is 34.9 Å². The monoisotopic (exact) mass is 449 g/mol. The summed E-state index contributed by atoms with van der Waals surface area (Å²) in [6.07, 6.45) is 3.60. The normalized spacial score (nSPS) is 22.8. The smallest absolute Gasteiger partial charge is 0.254 e. The third-order valence-corrected chi connectivity index (χ3v) is 6.92. The standard InChI is InChI=1S/C26H31N3O4/c30-22(13-27-21-11-19-3-1-2-4-20(19)12-21)14-28-25(31)17-5-7-18(8-6-17)26(32)29-15-23-9-10-24(16-29)33-23/h1-8,21-24,27,30H,9-16H2,(H,28,31)/t22-,23?,24?/m0/s1. The summed E-state index contributed by atoms with van der Waals surface area (Å²) in [7, 11) is 0. The highest BCUT2D eigenvalue weighted by molar-refractivity contribution is 5.97. The van der Waals surface area contributed by atoms with Crippen LogP contribution in [0.25, 0.3) is 0 Å². The Hall–Kier alpha value is -2.74. The van der Waals surface area contributed by atoms with Crippen molar-refractivity contribution in [1.29, 1.82) is 0 Å². The van der Waals surface area contributed by atoms with Crippen molar-refractivity contribution in [2.24, 2.45) is 0 Å². The van der Waals surface area contributed by atoms with Crippen LogP contribution in [0.3, 0.4) is 0 Å². The number of fused-ring (bicyclic) bond motifs is 3. The molecular formula is C26H31N3O4. The van der Waals surface area contributed by atoms with E-state index in [9.17, 15) is 14.7 Å². The van der Waals surface area contributed by atoms with Gasteiger partial charge in [-0.1, -0.05) is 24.3 Å². The number of hydrogen-bond acceptors (Lipinski definition) is 5. The molecule has 2 aliphatic heterocycles. The minimum absolute atomic E-state index is 0.0160. The first-order valence-corrected chi connectivity index (χ1v) is 11.9. The van der Waals surface area contributed by atoms with Crippen LogP contribution in [0.15, 0.2) is 48.5 Å². The van der Waals surface area contributed by atoms with Gasteiger partial charge in [0.2, 0.25) is 0 Å². The molecule has 174 valence electrons. The molecule has 0 radical (unpaired) electrons. The van der Waals surface area contributed by atoms with Crippen molar-refractivity contribution in [2.75, 3.05) is 26.2 Å². The molecule has 0 saturated carbocycles. The lowest BCUT2D eigenvalue weighted by molar-refractivity contribution is -0.0303. The molecule has 2 saturated heterocycles. The van der Waals surface area contributed by atoms with Gasteiger partial charge in [-0.15, -0.1) is 0 Å². The van der Waals surface area contributed by atoms with E-state index < -0.39 is 6.10 Å². The summed E-state index contributed by atoms with van der Waals surface area (Å²) in [4.78, 5) is 27.1. The molecule has 3 N–H and O–H groups in total. The van der Waals surface area contributed by atoms with E-state index in [1.54, 1.807) is 24.3 Å². The summed E-state index contributed by atoms with van der Waals surface area (Å²) >= 11 is 0. The Morgan fingerprint density at radius 2 is 1.55 bits per heavy atom. The van der Waals surface area contributed by atoms with Crippen LogP contribution in [-0.4, -0.2) is 72.4 Å². The molecular weight excluding hydrogens is 418 g/mol. The number of ether oxygens (including phenoxy) is 1. The van der Waals surface area contributed by atoms with Crippen LogP contribution in [-0.2, 0) is 17.6 Å². The Morgan fingerprint density at radius 3 is 2.18 bits per heavy atom. The zero-order valence-corrected chi connectivity index (χ0v) is 18.7. The second-order valence-corrected chi connectivity index (χ2v) is 9.39. The molecule has 3 aliphatic rings. The highest BCUT2D eigenvalue weighted by Gasteiger charge is 2.36. The highest BCUT2D eigenvalue weighted by atomic mass is 16.5. The summed E-state index contributed by atoms with van der Waals surface area (Å²) < 4.78 is 5.80. The third-order valence-electron chi connectivity index (χ3n) is 6.92. The number of nitrogens with zero attached hydrogens (tertiary/aromatic N) is 1. The van der Waals surface area contributed by atoms with Gasteiger partial charge in [0.15, 0.2) is 0 Å². The number of carbonyl (C=O) groups is 2. The van der Waals surface area contributed by atoms with Crippen molar-refractivity contribution in [3.63, 3.8) is 0 Å². The van der Waals surface area contributed by atoms with Gasteiger partial charge in [0.05, 0.1) is 18.3 Å². The Morgan fingerprint density at radius 1 is 0.939 bits per heavy atom. The van der Waals surface area contributed by atoms with Crippen molar-refractivity contribution in [3.05, 3.63) is 70.8 Å². The molecule has 7 heteroatoms. The molecule has 2 fully saturated rings. The van der Waals surface area contributed by atoms with Crippen molar-refractivity contribution in [1.82, 2.24) is 15.5 Å². The maximum absolute atomic E-state index is 12.8. The Bertz CT molecular complexity index is 972. The zero-order valence-electron chi connectivity index (χ0n) is 18.7. The van der Waals surface area contributed by atoms with Gasteiger partial charge in [0, 0.05) is 43.3 Å². The summed E-state index contributed by atoms with van der Waals surface area (Å²) in [6.45, 7) is 1.86. The number of nitrogens with one attached hydrogen (secondary N) is 2. The molecule has 33 heavy (non-hydrogen) atoms. The van der Waals surface area contributed by atoms with Crippen LogP contribution >= 0.6 is 0 Å². The largest absolute Gasteiger partial charge is 0.390 e. The molecule has 2 bridgehead atoms. The van der Waals surface area contributed by atoms with Gasteiger partial charge < -0.3 is 25.4 Å². The lowest BCUT2D eigenvalue weighted by Crippen LogP contribution is -2.45. The minimum atomic E-state index is -0.671. The lowest BCUT2D eigenvalue weighted by atomic mass is 10.1. The van der Waals surface area contributed by atoms with Crippen molar-refractivity contribution < 1.29 is 19.4 Å². The maximum atomic E-state index is 12.8. The number of rotatable bonds is 7. The fourth-order valence-electron chi connectivity index (χ4n) is 5.12. The second kappa shape index (κ2) is 9.63. The molecule has 2 aromatic carbocycles. The van der Waals surface area contributed by atoms with Crippen LogP contribution in [0.5, 0.6) is 0 Å². The number of aliphatic hydroxyl groups is 1.